The number of sulfonamides is 1. The average Bonchev–Trinajstić information content (AvgIpc) is 3.45. The molecule has 11 heteroatoms. The second-order valence-electron chi connectivity index (χ2n) is 6.56. The van der Waals surface area contributed by atoms with Gasteiger partial charge >= 0.3 is 0 Å². The maximum absolute atomic E-state index is 12.8. The van der Waals surface area contributed by atoms with Gasteiger partial charge in [-0.3, -0.25) is 9.52 Å². The van der Waals surface area contributed by atoms with Gasteiger partial charge in [-0.2, -0.15) is 0 Å². The SMILES string of the molecule is COc1ccccc1NS(=O)(=O)c1ccc2oc(SCC(=O)NCc3cccs3)nc2c1. The van der Waals surface area contributed by atoms with Crippen molar-refractivity contribution < 1.29 is 22.4 Å². The predicted octanol–water partition coefficient (Wildman–Crippen LogP) is 4.11. The van der Waals surface area contributed by atoms with Crippen LogP contribution in [-0.2, 0) is 21.4 Å². The molecule has 0 bridgehead atoms. The van der Waals surface area contributed by atoms with Crippen LogP contribution in [0.2, 0.25) is 0 Å². The van der Waals surface area contributed by atoms with Crippen LogP contribution in [0, 0.1) is 0 Å². The van der Waals surface area contributed by atoms with Crippen molar-refractivity contribution in [1.29, 1.82) is 0 Å². The van der Waals surface area contributed by atoms with Gasteiger partial charge in [-0.25, -0.2) is 13.4 Å². The van der Waals surface area contributed by atoms with E-state index in [0.717, 1.165) is 16.6 Å². The van der Waals surface area contributed by atoms with Gasteiger partial charge in [0.1, 0.15) is 11.3 Å². The number of carbonyl (C=O) groups is 1. The lowest BCUT2D eigenvalue weighted by Crippen LogP contribution is -2.24. The number of thioether (sulfide) groups is 1. The zero-order valence-corrected chi connectivity index (χ0v) is 19.4. The number of nitrogens with one attached hydrogen (secondary N) is 2. The molecule has 0 radical (unpaired) electrons. The largest absolute Gasteiger partial charge is 0.495 e. The molecule has 0 saturated carbocycles. The van der Waals surface area contributed by atoms with Crippen molar-refractivity contribution in [1.82, 2.24) is 10.3 Å². The fourth-order valence-corrected chi connectivity index (χ4v) is 5.23. The monoisotopic (exact) mass is 489 g/mol. The van der Waals surface area contributed by atoms with Crippen LogP contribution in [0.5, 0.6) is 5.75 Å². The zero-order valence-electron chi connectivity index (χ0n) is 16.9. The summed E-state index contributed by atoms with van der Waals surface area (Å²) < 4.78 is 39.0. The van der Waals surface area contributed by atoms with Gasteiger partial charge in [0.2, 0.25) is 5.91 Å². The summed E-state index contributed by atoms with van der Waals surface area (Å²) >= 11 is 2.72. The summed E-state index contributed by atoms with van der Waals surface area (Å²) in [6, 6.07) is 15.0. The van der Waals surface area contributed by atoms with Crippen LogP contribution in [0.3, 0.4) is 0 Å². The van der Waals surface area contributed by atoms with Gasteiger partial charge in [0.25, 0.3) is 15.2 Å². The molecule has 0 unspecified atom stereocenters. The minimum atomic E-state index is -3.86. The third-order valence-electron chi connectivity index (χ3n) is 4.37. The molecule has 0 aliphatic carbocycles. The van der Waals surface area contributed by atoms with Gasteiger partial charge < -0.3 is 14.5 Å². The Morgan fingerprint density at radius 1 is 1.19 bits per heavy atom. The lowest BCUT2D eigenvalue weighted by atomic mass is 10.3. The van der Waals surface area contributed by atoms with Gasteiger partial charge in [-0.1, -0.05) is 30.0 Å². The third kappa shape index (κ3) is 5.23. The normalized spacial score (nSPS) is 11.4. The highest BCUT2D eigenvalue weighted by molar-refractivity contribution is 7.99. The molecule has 166 valence electrons. The standard InChI is InChI=1S/C21H19N3O5S3/c1-28-18-7-3-2-6-16(18)24-32(26,27)15-8-9-19-17(11-15)23-21(29-19)31-13-20(25)22-12-14-5-4-10-30-14/h2-11,24H,12-13H2,1H3,(H,22,25). The first kappa shape index (κ1) is 22.2. The Hall–Kier alpha value is -3.02. The fourth-order valence-electron chi connectivity index (χ4n) is 2.82. The van der Waals surface area contributed by atoms with E-state index in [1.165, 1.54) is 19.2 Å². The first-order chi connectivity index (χ1) is 15.4. The first-order valence-electron chi connectivity index (χ1n) is 9.43. The molecule has 4 aromatic rings. The quantitative estimate of drug-likeness (QED) is 0.341. The highest BCUT2D eigenvalue weighted by Crippen LogP contribution is 2.29. The van der Waals surface area contributed by atoms with E-state index in [0.29, 0.717) is 34.3 Å². The predicted molar refractivity (Wildman–Crippen MR) is 125 cm³/mol. The van der Waals surface area contributed by atoms with Crippen molar-refractivity contribution in [3.05, 3.63) is 64.9 Å². The molecule has 0 aliphatic rings. The Balaban J connectivity index is 1.43. The molecular formula is C21H19N3O5S3. The van der Waals surface area contributed by atoms with E-state index >= 15 is 0 Å². The Labute approximate surface area is 193 Å². The molecule has 0 atom stereocenters. The maximum atomic E-state index is 12.8. The van der Waals surface area contributed by atoms with Gasteiger partial charge in [0.15, 0.2) is 5.58 Å². The van der Waals surface area contributed by atoms with Crippen LogP contribution in [-0.4, -0.2) is 32.2 Å². The van der Waals surface area contributed by atoms with Crippen molar-refractivity contribution >= 4 is 55.8 Å². The number of amides is 1. The van der Waals surface area contributed by atoms with Crippen molar-refractivity contribution in [2.24, 2.45) is 0 Å². The van der Waals surface area contributed by atoms with Crippen LogP contribution >= 0.6 is 23.1 Å². The second kappa shape index (κ2) is 9.63. The summed E-state index contributed by atoms with van der Waals surface area (Å²) in [4.78, 5) is 17.5. The third-order valence-corrected chi connectivity index (χ3v) is 7.44. The number of para-hydroxylation sites is 2. The van der Waals surface area contributed by atoms with Gasteiger partial charge in [-0.15, -0.1) is 11.3 Å². The van der Waals surface area contributed by atoms with E-state index in [-0.39, 0.29) is 16.6 Å². The molecule has 0 spiro atoms. The number of anilines is 1. The first-order valence-corrected chi connectivity index (χ1v) is 12.8. The number of fused-ring (bicyclic) bond motifs is 1. The zero-order chi connectivity index (χ0) is 22.6. The van der Waals surface area contributed by atoms with Crippen LogP contribution < -0.4 is 14.8 Å². The van der Waals surface area contributed by atoms with Gasteiger partial charge in [0, 0.05) is 4.88 Å². The lowest BCUT2D eigenvalue weighted by Gasteiger charge is -2.11. The van der Waals surface area contributed by atoms with E-state index in [2.05, 4.69) is 15.0 Å². The number of aromatic nitrogens is 1. The molecule has 0 saturated heterocycles. The molecule has 2 heterocycles. The molecule has 4 rings (SSSR count). The summed E-state index contributed by atoms with van der Waals surface area (Å²) in [7, 11) is -2.40. The molecule has 0 fully saturated rings. The van der Waals surface area contributed by atoms with E-state index < -0.39 is 10.0 Å². The van der Waals surface area contributed by atoms with Crippen LogP contribution in [0.1, 0.15) is 4.88 Å². The lowest BCUT2D eigenvalue weighted by molar-refractivity contribution is -0.118. The number of hydrogen-bond donors (Lipinski definition) is 2. The number of oxazole rings is 1. The van der Waals surface area contributed by atoms with E-state index in [1.54, 1.807) is 41.7 Å². The highest BCUT2D eigenvalue weighted by atomic mass is 32.2. The van der Waals surface area contributed by atoms with Gasteiger partial charge in [-0.05, 0) is 41.8 Å². The van der Waals surface area contributed by atoms with Crippen molar-refractivity contribution in [3.63, 3.8) is 0 Å². The summed E-state index contributed by atoms with van der Waals surface area (Å²) in [5.41, 5.74) is 1.15. The molecule has 2 aromatic heterocycles. The molecular weight excluding hydrogens is 470 g/mol. The number of carbonyl (C=O) groups excluding carboxylic acids is 1. The van der Waals surface area contributed by atoms with Crippen molar-refractivity contribution in [2.45, 2.75) is 16.7 Å². The number of ether oxygens (including phenoxy) is 1. The second-order valence-corrected chi connectivity index (χ2v) is 10.2. The minimum absolute atomic E-state index is 0.0365. The number of hydrogen-bond acceptors (Lipinski definition) is 8. The average molecular weight is 490 g/mol. The Morgan fingerprint density at radius 3 is 2.81 bits per heavy atom. The molecule has 1 amide bonds. The topological polar surface area (TPSA) is 111 Å². The molecule has 8 nitrogen and oxygen atoms in total. The molecule has 32 heavy (non-hydrogen) atoms. The Morgan fingerprint density at radius 2 is 2.03 bits per heavy atom. The number of rotatable bonds is 9. The van der Waals surface area contributed by atoms with E-state index in [1.807, 2.05) is 17.5 Å². The van der Waals surface area contributed by atoms with Crippen molar-refractivity contribution in [2.75, 3.05) is 17.6 Å². The summed E-state index contributed by atoms with van der Waals surface area (Å²) in [6.45, 7) is 0.477. The fraction of sp³-hybridized carbons (Fsp3) is 0.143. The van der Waals surface area contributed by atoms with Crippen LogP contribution in [0.25, 0.3) is 11.1 Å². The summed E-state index contributed by atoms with van der Waals surface area (Å²) in [5, 5.41) is 5.08. The number of nitrogens with zero attached hydrogens (tertiary/aromatic N) is 1. The summed E-state index contributed by atoms with van der Waals surface area (Å²) in [5.74, 6) is 0.406. The Bertz CT molecular complexity index is 1330. The summed E-state index contributed by atoms with van der Waals surface area (Å²) in [6.07, 6.45) is 0. The number of benzene rings is 2. The Kier molecular flexibility index (Phi) is 6.68. The smallest absolute Gasteiger partial charge is 0.262 e. The molecule has 2 aromatic carbocycles. The molecule has 0 aliphatic heterocycles. The maximum Gasteiger partial charge on any atom is 0.262 e. The van der Waals surface area contributed by atoms with Crippen LogP contribution in [0.4, 0.5) is 5.69 Å². The van der Waals surface area contributed by atoms with Gasteiger partial charge in [0.05, 0.1) is 30.0 Å². The minimum Gasteiger partial charge on any atom is -0.495 e. The van der Waals surface area contributed by atoms with Crippen LogP contribution in [0.15, 0.2) is 74.5 Å². The number of methoxy groups -OCH3 is 1. The number of thiophene rings is 1. The molecule has 2 N–H and O–H groups in total. The van der Waals surface area contributed by atoms with E-state index in [4.69, 9.17) is 9.15 Å². The van der Waals surface area contributed by atoms with Crippen molar-refractivity contribution in [3.8, 4) is 5.75 Å². The van der Waals surface area contributed by atoms with E-state index in [9.17, 15) is 13.2 Å². The highest BCUT2D eigenvalue weighted by Gasteiger charge is 2.19.